The highest BCUT2D eigenvalue weighted by Crippen LogP contribution is 2.42. The summed E-state index contributed by atoms with van der Waals surface area (Å²) in [7, 11) is 4.85. The van der Waals surface area contributed by atoms with E-state index in [1.807, 2.05) is 57.3 Å². The van der Waals surface area contributed by atoms with Crippen LogP contribution in [0.4, 0.5) is 15.7 Å². The molecule has 1 N–H and O–H groups in total. The highest BCUT2D eigenvalue weighted by atomic mass is 32.2. The van der Waals surface area contributed by atoms with Gasteiger partial charge in [-0.3, -0.25) is 0 Å². The van der Waals surface area contributed by atoms with Crippen molar-refractivity contribution in [1.29, 1.82) is 0 Å². The average Bonchev–Trinajstić information content (AvgIpc) is 3.62. The van der Waals surface area contributed by atoms with E-state index in [4.69, 9.17) is 23.5 Å². The van der Waals surface area contributed by atoms with Crippen LogP contribution in [0.15, 0.2) is 45.9 Å². The van der Waals surface area contributed by atoms with Gasteiger partial charge in [-0.25, -0.2) is 9.78 Å². The van der Waals surface area contributed by atoms with Crippen molar-refractivity contribution in [3.63, 3.8) is 0 Å². The maximum absolute atomic E-state index is 12.4. The second-order valence-electron chi connectivity index (χ2n) is 10.2. The van der Waals surface area contributed by atoms with Crippen LogP contribution in [-0.2, 0) is 4.74 Å². The van der Waals surface area contributed by atoms with E-state index in [1.165, 1.54) is 11.9 Å². The Morgan fingerprint density at radius 3 is 2.34 bits per heavy atom. The van der Waals surface area contributed by atoms with Gasteiger partial charge in [0.05, 0.1) is 26.2 Å². The molecule has 0 saturated carbocycles. The van der Waals surface area contributed by atoms with E-state index in [9.17, 15) is 4.79 Å². The Morgan fingerprint density at radius 1 is 1.02 bits per heavy atom. The molecule has 5 rings (SSSR count). The lowest BCUT2D eigenvalue weighted by atomic mass is 10.1. The average molecular weight is 600 g/mol. The molecule has 1 aliphatic heterocycles. The number of nitrogens with one attached hydrogen (secondary N) is 1. The lowest BCUT2D eigenvalue weighted by Gasteiger charge is -2.35. The van der Waals surface area contributed by atoms with Crippen LogP contribution in [0.25, 0.3) is 21.4 Å². The molecule has 0 atom stereocenters. The highest BCUT2D eigenvalue weighted by Gasteiger charge is 2.27. The largest absolute Gasteiger partial charge is 0.496 e. The normalized spacial score (nSPS) is 13.8. The van der Waals surface area contributed by atoms with Gasteiger partial charge < -0.3 is 38.0 Å². The van der Waals surface area contributed by atoms with Crippen molar-refractivity contribution in [3.05, 3.63) is 36.5 Å². The zero-order valence-electron chi connectivity index (χ0n) is 23.8. The zero-order chi connectivity index (χ0) is 29.1. The second kappa shape index (κ2) is 12.0. The van der Waals surface area contributed by atoms with Crippen molar-refractivity contribution in [2.45, 2.75) is 31.3 Å². The molecular weight excluding hydrogens is 566 g/mol. The Labute approximate surface area is 246 Å². The van der Waals surface area contributed by atoms with Crippen LogP contribution in [0.3, 0.4) is 0 Å². The van der Waals surface area contributed by atoms with Crippen molar-refractivity contribution in [3.8, 4) is 27.7 Å². The Hall–Kier alpha value is -3.84. The van der Waals surface area contributed by atoms with Crippen LogP contribution in [0.1, 0.15) is 20.8 Å². The van der Waals surface area contributed by atoms with Gasteiger partial charge in [0.2, 0.25) is 0 Å². The fraction of sp³-hybridized carbons (Fsp3) is 0.393. The maximum Gasteiger partial charge on any atom is 0.410 e. The third-order valence-electron chi connectivity index (χ3n) is 6.37. The van der Waals surface area contributed by atoms with Gasteiger partial charge in [-0.2, -0.15) is 0 Å². The predicted molar refractivity (Wildman–Crippen MR) is 161 cm³/mol. The molecular formula is C28H33N5O6S2. The number of fused-ring (bicyclic) bond motifs is 1. The zero-order valence-corrected chi connectivity index (χ0v) is 25.5. The molecule has 4 aromatic rings. The topological polar surface area (TPSA) is 111 Å². The lowest BCUT2D eigenvalue weighted by molar-refractivity contribution is 0.0240. The molecule has 13 heteroatoms. The van der Waals surface area contributed by atoms with Gasteiger partial charge >= 0.3 is 6.09 Å². The summed E-state index contributed by atoms with van der Waals surface area (Å²) < 4.78 is 31.2. The Balaban J connectivity index is 1.31. The summed E-state index contributed by atoms with van der Waals surface area (Å²) in [6.45, 7) is 8.14. The van der Waals surface area contributed by atoms with E-state index in [-0.39, 0.29) is 6.09 Å². The Morgan fingerprint density at radius 2 is 1.71 bits per heavy atom. The van der Waals surface area contributed by atoms with E-state index >= 15 is 0 Å². The van der Waals surface area contributed by atoms with Crippen molar-refractivity contribution in [1.82, 2.24) is 15.0 Å². The summed E-state index contributed by atoms with van der Waals surface area (Å²) >= 11 is 2.89. The van der Waals surface area contributed by atoms with Gasteiger partial charge in [0.25, 0.3) is 0 Å². The van der Waals surface area contributed by atoms with E-state index in [1.54, 1.807) is 37.6 Å². The lowest BCUT2D eigenvalue weighted by Crippen LogP contribution is -2.50. The molecule has 1 amide bonds. The first-order valence-electron chi connectivity index (χ1n) is 13.0. The van der Waals surface area contributed by atoms with Gasteiger partial charge in [0.1, 0.15) is 33.1 Å². The third kappa shape index (κ3) is 6.25. The van der Waals surface area contributed by atoms with E-state index < -0.39 is 5.60 Å². The fourth-order valence-electron chi connectivity index (χ4n) is 4.38. The third-order valence-corrected chi connectivity index (χ3v) is 8.38. The SMILES string of the molecule is COc1cccc(OC)c1SNc1noc2cc(-c3cnc(N4CCN(C(=O)OC(C)(C)C)CC4)s3)cc(OC)c12. The van der Waals surface area contributed by atoms with Gasteiger partial charge in [0, 0.05) is 37.9 Å². The molecule has 1 fully saturated rings. The molecule has 0 spiro atoms. The number of benzene rings is 2. The fourth-order valence-corrected chi connectivity index (χ4v) is 6.17. The van der Waals surface area contributed by atoms with Crippen molar-refractivity contribution >= 4 is 51.3 Å². The molecule has 0 radical (unpaired) electrons. The molecule has 1 aliphatic rings. The van der Waals surface area contributed by atoms with Crippen LogP contribution in [-0.4, -0.2) is 74.2 Å². The van der Waals surface area contributed by atoms with E-state index in [0.29, 0.717) is 54.8 Å². The number of carbonyl (C=O) groups excluding carboxylic acids is 1. The summed E-state index contributed by atoms with van der Waals surface area (Å²) in [6.07, 6.45) is 1.57. The molecule has 2 aromatic carbocycles. The van der Waals surface area contributed by atoms with Gasteiger partial charge in [0.15, 0.2) is 16.5 Å². The maximum atomic E-state index is 12.4. The summed E-state index contributed by atoms with van der Waals surface area (Å²) in [5.41, 5.74) is 0.977. The molecule has 2 aromatic heterocycles. The van der Waals surface area contributed by atoms with Gasteiger partial charge in [-0.1, -0.05) is 22.6 Å². The molecule has 0 unspecified atom stereocenters. The first kappa shape index (κ1) is 28.7. The van der Waals surface area contributed by atoms with Crippen LogP contribution in [0.2, 0.25) is 0 Å². The first-order chi connectivity index (χ1) is 19.7. The number of thiazole rings is 1. The number of ether oxygens (including phenoxy) is 4. The van der Waals surface area contributed by atoms with Crippen molar-refractivity contribution < 1.29 is 28.3 Å². The highest BCUT2D eigenvalue weighted by molar-refractivity contribution is 8.00. The summed E-state index contributed by atoms with van der Waals surface area (Å²) in [4.78, 5) is 22.8. The first-order valence-corrected chi connectivity index (χ1v) is 14.6. The Kier molecular flexibility index (Phi) is 8.36. The molecule has 0 bridgehead atoms. The van der Waals surface area contributed by atoms with Crippen LogP contribution < -0.4 is 23.8 Å². The smallest absolute Gasteiger partial charge is 0.410 e. The van der Waals surface area contributed by atoms with Crippen molar-refractivity contribution in [2.75, 3.05) is 57.1 Å². The number of rotatable bonds is 8. The number of anilines is 2. The quantitative estimate of drug-likeness (QED) is 0.235. The predicted octanol–water partition coefficient (Wildman–Crippen LogP) is 6.15. The number of piperazine rings is 1. The van der Waals surface area contributed by atoms with Crippen LogP contribution >= 0.6 is 23.3 Å². The molecule has 1 saturated heterocycles. The number of amides is 1. The molecule has 218 valence electrons. The summed E-state index contributed by atoms with van der Waals surface area (Å²) in [6, 6.07) is 9.49. The summed E-state index contributed by atoms with van der Waals surface area (Å²) in [5, 5.41) is 5.87. The molecule has 11 nitrogen and oxygen atoms in total. The second-order valence-corrected chi connectivity index (χ2v) is 12.1. The number of nitrogens with zero attached hydrogens (tertiary/aromatic N) is 4. The van der Waals surface area contributed by atoms with Gasteiger partial charge in [-0.15, -0.1) is 0 Å². The van der Waals surface area contributed by atoms with E-state index in [0.717, 1.165) is 25.9 Å². The molecule has 3 heterocycles. The minimum atomic E-state index is -0.511. The monoisotopic (exact) mass is 599 g/mol. The number of hydrogen-bond donors (Lipinski definition) is 1. The number of carbonyl (C=O) groups is 1. The molecule has 0 aliphatic carbocycles. The number of aromatic nitrogens is 2. The van der Waals surface area contributed by atoms with Crippen LogP contribution in [0.5, 0.6) is 17.2 Å². The summed E-state index contributed by atoms with van der Waals surface area (Å²) in [5.74, 6) is 2.50. The van der Waals surface area contributed by atoms with Crippen molar-refractivity contribution in [2.24, 2.45) is 0 Å². The minimum Gasteiger partial charge on any atom is -0.496 e. The Bertz CT molecular complexity index is 1500. The number of hydrogen-bond acceptors (Lipinski definition) is 12. The molecule has 41 heavy (non-hydrogen) atoms. The van der Waals surface area contributed by atoms with Crippen LogP contribution in [0, 0.1) is 0 Å². The van der Waals surface area contributed by atoms with Gasteiger partial charge in [-0.05, 0) is 57.0 Å². The standard InChI is InChI=1S/C28H33N5O6S2/c1-28(2,3)38-27(34)33-12-10-32(11-13-33)26-29-16-22(40-26)17-14-20(37-6)23-21(15-17)39-30-25(23)31-41-24-18(35-4)8-7-9-19(24)36-5/h7-9,14-16H,10-13H2,1-6H3,(H,30,31). The number of methoxy groups -OCH3 is 3. The minimum absolute atomic E-state index is 0.279. The van der Waals surface area contributed by atoms with E-state index in [2.05, 4.69) is 19.8 Å².